The highest BCUT2D eigenvalue weighted by atomic mass is 16.5. The Morgan fingerprint density at radius 1 is 0.933 bits per heavy atom. The number of ether oxygens (including phenoxy) is 2. The van der Waals surface area contributed by atoms with Crippen molar-refractivity contribution in [2.75, 3.05) is 14.2 Å². The summed E-state index contributed by atoms with van der Waals surface area (Å²) < 4.78 is 12.8. The first kappa shape index (κ1) is 20.9. The monoisotopic (exact) mass is 409 g/mol. The second-order valence-corrected chi connectivity index (χ2v) is 6.60. The maximum absolute atomic E-state index is 12.7. The van der Waals surface area contributed by atoms with Gasteiger partial charge in [-0.25, -0.2) is 4.79 Å². The molecule has 30 heavy (non-hydrogen) atoms. The highest BCUT2D eigenvalue weighted by molar-refractivity contribution is 5.75. The van der Waals surface area contributed by atoms with Gasteiger partial charge in [0.1, 0.15) is 6.54 Å². The highest BCUT2D eigenvalue weighted by Gasteiger charge is 2.11. The van der Waals surface area contributed by atoms with Gasteiger partial charge in [-0.2, -0.15) is 0 Å². The molecule has 156 valence electrons. The lowest BCUT2D eigenvalue weighted by Gasteiger charge is -2.12. The topological polar surface area (TPSA) is 91.6 Å². The molecule has 0 aliphatic rings. The first-order chi connectivity index (χ1) is 14.5. The van der Waals surface area contributed by atoms with Crippen LogP contribution in [0.15, 0.2) is 70.4 Å². The van der Waals surface area contributed by atoms with Crippen molar-refractivity contribution in [3.05, 3.63) is 92.8 Å². The Bertz CT molecular complexity index is 1140. The third kappa shape index (κ3) is 4.96. The largest absolute Gasteiger partial charge is 0.493 e. The van der Waals surface area contributed by atoms with Gasteiger partial charge in [0.15, 0.2) is 11.5 Å². The molecular weight excluding hydrogens is 386 g/mol. The molecule has 1 amide bonds. The van der Waals surface area contributed by atoms with Crippen molar-refractivity contribution >= 4 is 5.91 Å². The summed E-state index contributed by atoms with van der Waals surface area (Å²) in [5, 5.41) is 2.72. The van der Waals surface area contributed by atoms with E-state index in [1.165, 1.54) is 23.9 Å². The molecule has 1 N–H and O–H groups in total. The van der Waals surface area contributed by atoms with Crippen LogP contribution in [0, 0.1) is 0 Å². The molecule has 1 aromatic heterocycles. The quantitative estimate of drug-likeness (QED) is 0.607. The molecule has 0 atom stereocenters. The minimum Gasteiger partial charge on any atom is -0.493 e. The number of nitrogens with one attached hydrogen (secondary N) is 1. The average molecular weight is 409 g/mol. The van der Waals surface area contributed by atoms with E-state index < -0.39 is 17.2 Å². The molecule has 1 heterocycles. The number of nitrogens with zero attached hydrogens (tertiary/aromatic N) is 2. The summed E-state index contributed by atoms with van der Waals surface area (Å²) in [7, 11) is 3.07. The molecule has 0 spiro atoms. The summed E-state index contributed by atoms with van der Waals surface area (Å²) in [5.74, 6) is 0.691. The highest BCUT2D eigenvalue weighted by Crippen LogP contribution is 2.27. The number of carbonyl (C=O) groups excluding carboxylic acids is 1. The van der Waals surface area contributed by atoms with E-state index in [0.717, 1.165) is 15.7 Å². The number of amides is 1. The molecule has 8 heteroatoms. The number of hydrogen-bond acceptors (Lipinski definition) is 5. The fourth-order valence-corrected chi connectivity index (χ4v) is 2.99. The zero-order valence-electron chi connectivity index (χ0n) is 16.8. The number of benzene rings is 2. The Kier molecular flexibility index (Phi) is 6.69. The van der Waals surface area contributed by atoms with Gasteiger partial charge in [-0.15, -0.1) is 0 Å². The van der Waals surface area contributed by atoms with Crippen LogP contribution in [0.5, 0.6) is 11.5 Å². The third-order valence-electron chi connectivity index (χ3n) is 4.57. The van der Waals surface area contributed by atoms with Gasteiger partial charge in [0.25, 0.3) is 5.56 Å². The van der Waals surface area contributed by atoms with Gasteiger partial charge >= 0.3 is 5.69 Å². The lowest BCUT2D eigenvalue weighted by molar-refractivity contribution is -0.121. The molecule has 0 radical (unpaired) electrons. The Balaban J connectivity index is 1.70. The Labute approximate surface area is 173 Å². The number of aromatic nitrogens is 2. The van der Waals surface area contributed by atoms with E-state index in [9.17, 15) is 14.4 Å². The fourth-order valence-electron chi connectivity index (χ4n) is 2.99. The predicted molar refractivity (Wildman–Crippen MR) is 112 cm³/mol. The molecule has 0 saturated heterocycles. The summed E-state index contributed by atoms with van der Waals surface area (Å²) in [5.41, 5.74) is 0.656. The fraction of sp³-hybridized carbons (Fsp3) is 0.227. The van der Waals surface area contributed by atoms with Crippen LogP contribution in [0.2, 0.25) is 0 Å². The summed E-state index contributed by atoms with van der Waals surface area (Å²) in [6.07, 6.45) is 1.44. The number of rotatable bonds is 8. The summed E-state index contributed by atoms with van der Waals surface area (Å²) in [6.45, 7) is 0.173. The van der Waals surface area contributed by atoms with Crippen molar-refractivity contribution in [3.8, 4) is 11.5 Å². The molecular formula is C22H23N3O5. The summed E-state index contributed by atoms with van der Waals surface area (Å²) >= 11 is 0. The summed E-state index contributed by atoms with van der Waals surface area (Å²) in [4.78, 5) is 37.2. The van der Waals surface area contributed by atoms with Gasteiger partial charge in [-0.05, 0) is 23.3 Å². The molecule has 0 saturated carbocycles. The van der Waals surface area contributed by atoms with E-state index in [1.54, 1.807) is 25.3 Å². The molecule has 0 aliphatic carbocycles. The number of methoxy groups -OCH3 is 2. The van der Waals surface area contributed by atoms with Crippen LogP contribution in [0.25, 0.3) is 0 Å². The molecule has 0 bridgehead atoms. The van der Waals surface area contributed by atoms with E-state index in [0.29, 0.717) is 18.0 Å². The zero-order chi connectivity index (χ0) is 21.5. The Morgan fingerprint density at radius 2 is 1.67 bits per heavy atom. The minimum atomic E-state index is -0.535. The van der Waals surface area contributed by atoms with Crippen LogP contribution in [0.3, 0.4) is 0 Å². The van der Waals surface area contributed by atoms with Gasteiger partial charge in [0.05, 0.1) is 20.8 Å². The van der Waals surface area contributed by atoms with E-state index in [4.69, 9.17) is 9.47 Å². The molecule has 3 aromatic rings. The third-order valence-corrected chi connectivity index (χ3v) is 4.57. The van der Waals surface area contributed by atoms with Crippen LogP contribution in [0.1, 0.15) is 11.1 Å². The second kappa shape index (κ2) is 9.60. The van der Waals surface area contributed by atoms with E-state index in [2.05, 4.69) is 5.32 Å². The predicted octanol–water partition coefficient (Wildman–Crippen LogP) is 1.39. The van der Waals surface area contributed by atoms with Crippen LogP contribution in [-0.4, -0.2) is 29.3 Å². The van der Waals surface area contributed by atoms with Crippen molar-refractivity contribution in [1.82, 2.24) is 14.5 Å². The van der Waals surface area contributed by atoms with Crippen LogP contribution in [0.4, 0.5) is 0 Å². The molecule has 3 rings (SSSR count). The molecule has 0 fully saturated rings. The lowest BCUT2D eigenvalue weighted by atomic mass is 10.2. The second-order valence-electron chi connectivity index (χ2n) is 6.60. The Morgan fingerprint density at radius 3 is 2.37 bits per heavy atom. The molecule has 2 aromatic carbocycles. The van der Waals surface area contributed by atoms with Gasteiger partial charge in [0, 0.05) is 18.8 Å². The maximum atomic E-state index is 12.7. The molecule has 8 nitrogen and oxygen atoms in total. The normalized spacial score (nSPS) is 10.5. The van der Waals surface area contributed by atoms with Crippen molar-refractivity contribution in [2.45, 2.75) is 19.6 Å². The van der Waals surface area contributed by atoms with Crippen LogP contribution >= 0.6 is 0 Å². The van der Waals surface area contributed by atoms with E-state index in [1.807, 2.05) is 30.3 Å². The number of hydrogen-bond donors (Lipinski definition) is 1. The van der Waals surface area contributed by atoms with E-state index >= 15 is 0 Å². The minimum absolute atomic E-state index is 0.221. The maximum Gasteiger partial charge on any atom is 0.331 e. The van der Waals surface area contributed by atoms with Gasteiger partial charge in [0.2, 0.25) is 5.91 Å². The standard InChI is InChI=1S/C22H23N3O5/c1-29-18-9-8-17(12-19(18)30-2)13-23-20(26)15-25-21(27)10-11-24(22(25)28)14-16-6-4-3-5-7-16/h3-12H,13-15H2,1-2H3,(H,23,26). The van der Waals surface area contributed by atoms with Crippen LogP contribution in [-0.2, 0) is 24.4 Å². The smallest absolute Gasteiger partial charge is 0.331 e. The average Bonchev–Trinajstić information content (AvgIpc) is 2.77. The number of carbonyl (C=O) groups is 1. The zero-order valence-corrected chi connectivity index (χ0v) is 16.8. The van der Waals surface area contributed by atoms with Gasteiger partial charge in [-0.3, -0.25) is 18.7 Å². The van der Waals surface area contributed by atoms with Gasteiger partial charge < -0.3 is 14.8 Å². The van der Waals surface area contributed by atoms with Crippen molar-refractivity contribution in [1.29, 1.82) is 0 Å². The van der Waals surface area contributed by atoms with Gasteiger partial charge in [-0.1, -0.05) is 36.4 Å². The molecule has 0 unspecified atom stereocenters. The Hall–Kier alpha value is -3.81. The van der Waals surface area contributed by atoms with Crippen molar-refractivity contribution in [3.63, 3.8) is 0 Å². The molecule has 0 aliphatic heterocycles. The summed E-state index contributed by atoms with van der Waals surface area (Å²) in [6, 6.07) is 16.0. The van der Waals surface area contributed by atoms with Crippen molar-refractivity contribution in [2.24, 2.45) is 0 Å². The first-order valence-corrected chi connectivity index (χ1v) is 9.33. The van der Waals surface area contributed by atoms with Crippen molar-refractivity contribution < 1.29 is 14.3 Å². The van der Waals surface area contributed by atoms with E-state index in [-0.39, 0.29) is 13.1 Å². The first-order valence-electron chi connectivity index (χ1n) is 9.33. The van der Waals surface area contributed by atoms with Crippen LogP contribution < -0.4 is 26.0 Å². The lowest BCUT2D eigenvalue weighted by Crippen LogP contribution is -2.43. The SMILES string of the molecule is COc1ccc(CNC(=O)Cn2c(=O)ccn(Cc3ccccc3)c2=O)cc1OC.